The summed E-state index contributed by atoms with van der Waals surface area (Å²) < 4.78 is 11.1. The van der Waals surface area contributed by atoms with Crippen LogP contribution in [0, 0.1) is 0 Å². The van der Waals surface area contributed by atoms with Crippen LogP contribution in [0.4, 0.5) is 5.69 Å². The van der Waals surface area contributed by atoms with Crippen molar-refractivity contribution in [3.8, 4) is 11.5 Å². The maximum atomic E-state index is 12.9. The van der Waals surface area contributed by atoms with E-state index >= 15 is 0 Å². The second-order valence-corrected chi connectivity index (χ2v) is 6.52. The number of nitrogens with one attached hydrogen (secondary N) is 2. The lowest BCUT2D eigenvalue weighted by atomic mass is 10.1. The number of carbonyl (C=O) groups excluding carboxylic acids is 2. The maximum absolute atomic E-state index is 12.9. The van der Waals surface area contributed by atoms with Crippen molar-refractivity contribution in [1.29, 1.82) is 0 Å². The lowest BCUT2D eigenvalue weighted by Gasteiger charge is -2.25. The third-order valence-corrected chi connectivity index (χ3v) is 4.93. The number of carbonyl (C=O) groups is 2. The molecule has 2 unspecified atom stereocenters. The summed E-state index contributed by atoms with van der Waals surface area (Å²) in [6, 6.07) is 11.0. The van der Waals surface area contributed by atoms with E-state index in [9.17, 15) is 9.59 Å². The molecular formula is C20H20N2O4. The molecule has 1 aliphatic heterocycles. The predicted molar refractivity (Wildman–Crippen MR) is 96.7 cm³/mol. The highest BCUT2D eigenvalue weighted by Gasteiger charge is 2.30. The van der Waals surface area contributed by atoms with E-state index in [-0.39, 0.29) is 17.9 Å². The fourth-order valence-electron chi connectivity index (χ4n) is 3.60. The number of amides is 2. The summed E-state index contributed by atoms with van der Waals surface area (Å²) in [4.78, 5) is 24.7. The van der Waals surface area contributed by atoms with Gasteiger partial charge in [-0.25, -0.2) is 0 Å². The molecule has 1 aliphatic carbocycles. The Kier molecular flexibility index (Phi) is 4.03. The van der Waals surface area contributed by atoms with E-state index in [0.29, 0.717) is 17.0 Å². The number of rotatable bonds is 3. The van der Waals surface area contributed by atoms with Gasteiger partial charge >= 0.3 is 0 Å². The maximum Gasteiger partial charge on any atom is 0.265 e. The molecule has 0 radical (unpaired) electrons. The van der Waals surface area contributed by atoms with Gasteiger partial charge in [-0.05, 0) is 49.1 Å². The van der Waals surface area contributed by atoms with Crippen molar-refractivity contribution in [2.45, 2.75) is 31.9 Å². The molecule has 4 rings (SSSR count). The van der Waals surface area contributed by atoms with Crippen molar-refractivity contribution in [3.05, 3.63) is 53.1 Å². The molecule has 0 saturated carbocycles. The zero-order valence-corrected chi connectivity index (χ0v) is 14.7. The number of methoxy groups -OCH3 is 1. The van der Waals surface area contributed by atoms with Crippen LogP contribution in [0.1, 0.15) is 40.9 Å². The third-order valence-electron chi connectivity index (χ3n) is 4.93. The van der Waals surface area contributed by atoms with Crippen LogP contribution >= 0.6 is 0 Å². The second-order valence-electron chi connectivity index (χ2n) is 6.52. The molecule has 2 atom stereocenters. The Labute approximate surface area is 151 Å². The van der Waals surface area contributed by atoms with E-state index in [1.807, 2.05) is 18.2 Å². The Morgan fingerprint density at radius 1 is 1.27 bits per heavy atom. The van der Waals surface area contributed by atoms with E-state index < -0.39 is 6.10 Å². The van der Waals surface area contributed by atoms with Gasteiger partial charge in [-0.1, -0.05) is 18.2 Å². The number of benzene rings is 2. The first kappa shape index (κ1) is 16.4. The number of anilines is 1. The third kappa shape index (κ3) is 2.67. The fraction of sp³-hybridized carbons (Fsp3) is 0.300. The van der Waals surface area contributed by atoms with Gasteiger partial charge in [0.1, 0.15) is 5.75 Å². The summed E-state index contributed by atoms with van der Waals surface area (Å²) in [6.45, 7) is 1.66. The van der Waals surface area contributed by atoms with Gasteiger partial charge in [0.25, 0.3) is 11.8 Å². The molecule has 2 aromatic rings. The summed E-state index contributed by atoms with van der Waals surface area (Å²) >= 11 is 0. The highest BCUT2D eigenvalue weighted by atomic mass is 16.5. The summed E-state index contributed by atoms with van der Waals surface area (Å²) in [7, 11) is 1.66. The van der Waals surface area contributed by atoms with Crippen molar-refractivity contribution in [3.63, 3.8) is 0 Å². The van der Waals surface area contributed by atoms with Crippen LogP contribution in [-0.4, -0.2) is 25.0 Å². The molecule has 0 fully saturated rings. The zero-order chi connectivity index (χ0) is 18.3. The van der Waals surface area contributed by atoms with Crippen LogP contribution in [0.3, 0.4) is 0 Å². The molecule has 2 amide bonds. The highest BCUT2D eigenvalue weighted by molar-refractivity contribution is 6.04. The fourth-order valence-corrected chi connectivity index (χ4v) is 3.60. The van der Waals surface area contributed by atoms with Crippen molar-refractivity contribution < 1.29 is 19.1 Å². The lowest BCUT2D eigenvalue weighted by Crippen LogP contribution is -2.36. The number of ether oxygens (including phenoxy) is 2. The van der Waals surface area contributed by atoms with Crippen molar-refractivity contribution >= 4 is 17.5 Å². The standard InChI is InChI=1S/C20H20N2O4/c1-11-19(23)22-16-7-3-6-14(18(16)26-11)20(24)21-15-10-9-13-12(15)5-4-8-17(13)25-2/h3-8,11,15H,9-10H2,1-2H3,(H,21,24)(H,22,23). The minimum atomic E-state index is -0.632. The van der Waals surface area contributed by atoms with Crippen molar-refractivity contribution in [1.82, 2.24) is 5.32 Å². The van der Waals surface area contributed by atoms with Gasteiger partial charge in [-0.2, -0.15) is 0 Å². The summed E-state index contributed by atoms with van der Waals surface area (Å²) in [5.41, 5.74) is 3.18. The summed E-state index contributed by atoms with van der Waals surface area (Å²) in [6.07, 6.45) is 1.05. The molecule has 134 valence electrons. The molecule has 0 spiro atoms. The number of fused-ring (bicyclic) bond motifs is 2. The monoisotopic (exact) mass is 352 g/mol. The minimum Gasteiger partial charge on any atom is -0.496 e. The minimum absolute atomic E-state index is 0.0703. The first-order chi connectivity index (χ1) is 12.6. The molecule has 0 aromatic heterocycles. The zero-order valence-electron chi connectivity index (χ0n) is 14.7. The first-order valence-corrected chi connectivity index (χ1v) is 8.65. The molecule has 6 nitrogen and oxygen atoms in total. The second kappa shape index (κ2) is 6.37. The van der Waals surface area contributed by atoms with Crippen LogP contribution in [0.15, 0.2) is 36.4 Å². The smallest absolute Gasteiger partial charge is 0.265 e. The molecule has 2 aliphatic rings. The van der Waals surface area contributed by atoms with Crippen LogP contribution in [0.25, 0.3) is 0 Å². The van der Waals surface area contributed by atoms with Crippen molar-refractivity contribution in [2.75, 3.05) is 12.4 Å². The van der Waals surface area contributed by atoms with Gasteiger partial charge in [0.2, 0.25) is 0 Å². The largest absolute Gasteiger partial charge is 0.496 e. The first-order valence-electron chi connectivity index (χ1n) is 8.65. The molecule has 2 aromatic carbocycles. The van der Waals surface area contributed by atoms with E-state index in [1.54, 1.807) is 32.2 Å². The van der Waals surface area contributed by atoms with Gasteiger partial charge in [0.05, 0.1) is 24.4 Å². The molecule has 0 bridgehead atoms. The SMILES string of the molecule is COc1cccc2c1CCC2NC(=O)c1cccc2c1OC(C)C(=O)N2. The summed E-state index contributed by atoms with van der Waals surface area (Å²) in [5.74, 6) is 0.843. The Morgan fingerprint density at radius 3 is 2.88 bits per heavy atom. The molecule has 2 N–H and O–H groups in total. The normalized spacial score (nSPS) is 20.5. The van der Waals surface area contributed by atoms with Gasteiger partial charge in [0.15, 0.2) is 11.9 Å². The van der Waals surface area contributed by atoms with Crippen LogP contribution < -0.4 is 20.1 Å². The highest BCUT2D eigenvalue weighted by Crippen LogP contribution is 2.38. The van der Waals surface area contributed by atoms with Gasteiger partial charge < -0.3 is 20.1 Å². The number of para-hydroxylation sites is 1. The van der Waals surface area contributed by atoms with E-state index in [0.717, 1.165) is 29.7 Å². The van der Waals surface area contributed by atoms with Gasteiger partial charge in [0, 0.05) is 0 Å². The predicted octanol–water partition coefficient (Wildman–Crippen LogP) is 2.83. The Morgan fingerprint density at radius 2 is 2.08 bits per heavy atom. The molecule has 0 saturated heterocycles. The van der Waals surface area contributed by atoms with E-state index in [2.05, 4.69) is 10.6 Å². The van der Waals surface area contributed by atoms with E-state index in [4.69, 9.17) is 9.47 Å². The quantitative estimate of drug-likeness (QED) is 0.891. The Balaban J connectivity index is 1.60. The van der Waals surface area contributed by atoms with Crippen LogP contribution in [0.2, 0.25) is 0 Å². The van der Waals surface area contributed by atoms with E-state index in [1.165, 1.54) is 0 Å². The number of hydrogen-bond donors (Lipinski definition) is 2. The molecular weight excluding hydrogens is 332 g/mol. The molecule has 1 heterocycles. The lowest BCUT2D eigenvalue weighted by molar-refractivity contribution is -0.122. The average molecular weight is 352 g/mol. The Bertz CT molecular complexity index is 893. The topological polar surface area (TPSA) is 76.7 Å². The summed E-state index contributed by atoms with van der Waals surface area (Å²) in [5, 5.41) is 5.86. The van der Waals surface area contributed by atoms with Crippen LogP contribution in [-0.2, 0) is 11.2 Å². The van der Waals surface area contributed by atoms with Crippen molar-refractivity contribution in [2.24, 2.45) is 0 Å². The molecule has 26 heavy (non-hydrogen) atoms. The Hall–Kier alpha value is -3.02. The van der Waals surface area contributed by atoms with Crippen LogP contribution in [0.5, 0.6) is 11.5 Å². The van der Waals surface area contributed by atoms with Gasteiger partial charge in [-0.3, -0.25) is 9.59 Å². The van der Waals surface area contributed by atoms with Gasteiger partial charge in [-0.15, -0.1) is 0 Å². The average Bonchev–Trinajstić information content (AvgIpc) is 3.05. The number of hydrogen-bond acceptors (Lipinski definition) is 4. The molecule has 6 heteroatoms.